The van der Waals surface area contributed by atoms with Crippen molar-refractivity contribution in [2.45, 2.75) is 32.6 Å². The first-order valence-electron chi connectivity index (χ1n) is 6.40. The van der Waals surface area contributed by atoms with E-state index in [0.29, 0.717) is 6.42 Å². The average Bonchev–Trinajstić information content (AvgIpc) is 2.13. The summed E-state index contributed by atoms with van der Waals surface area (Å²) in [6, 6.07) is 2.02. The summed E-state index contributed by atoms with van der Waals surface area (Å²) in [6.07, 6.45) is 0.373. The van der Waals surface area contributed by atoms with Gasteiger partial charge in [0, 0.05) is 0 Å². The molecule has 0 fully saturated rings. The van der Waals surface area contributed by atoms with Crippen molar-refractivity contribution in [2.75, 3.05) is 20.0 Å². The Hall–Kier alpha value is -0.685. The van der Waals surface area contributed by atoms with Gasteiger partial charge in [-0.05, 0) is 0 Å². The van der Waals surface area contributed by atoms with Crippen molar-refractivity contribution in [1.82, 2.24) is 0 Å². The van der Waals surface area contributed by atoms with Crippen LogP contribution in [0.4, 0.5) is 0 Å². The van der Waals surface area contributed by atoms with Crippen LogP contribution in [-0.2, 0) is 21.2 Å². The zero-order valence-electron chi connectivity index (χ0n) is 12.3. The van der Waals surface area contributed by atoms with Gasteiger partial charge in [0.05, 0.1) is 0 Å². The third kappa shape index (κ3) is 4.90. The Morgan fingerprint density at radius 1 is 1.33 bits per heavy atom. The molecular weight excluding hydrogens is 242 g/mol. The van der Waals surface area contributed by atoms with E-state index in [4.69, 9.17) is 4.52 Å². The summed E-state index contributed by atoms with van der Waals surface area (Å²) in [4.78, 5) is 11.9. The zero-order chi connectivity index (χ0) is 14.0. The van der Waals surface area contributed by atoms with Crippen LogP contribution in [0.25, 0.3) is 0 Å². The number of carbonyl (C=O) groups excluding carboxylic acids is 1. The number of hydrogen-bond donors (Lipinski definition) is 0. The van der Waals surface area contributed by atoms with Crippen molar-refractivity contribution in [2.24, 2.45) is 0 Å². The summed E-state index contributed by atoms with van der Waals surface area (Å²) in [5.41, 5.74) is 2.35. The summed E-state index contributed by atoms with van der Waals surface area (Å²) in [7, 11) is -1.79. The second-order valence-electron chi connectivity index (χ2n) is 6.67. The third-order valence-corrected chi connectivity index (χ3v) is 3.42. The predicted molar refractivity (Wildman–Crippen MR) is 82.4 cm³/mol. The van der Waals surface area contributed by atoms with E-state index >= 15 is 0 Å². The molecule has 0 aliphatic carbocycles. The van der Waals surface area contributed by atoms with E-state index in [1.165, 1.54) is 5.56 Å². The monoisotopic (exact) mass is 266 g/mol. The Bertz CT molecular complexity index is 430. The van der Waals surface area contributed by atoms with Crippen LogP contribution in [-0.4, -0.2) is 32.9 Å². The van der Waals surface area contributed by atoms with Crippen molar-refractivity contribution in [3.63, 3.8) is 0 Å². The van der Waals surface area contributed by atoms with Crippen molar-refractivity contribution in [3.05, 3.63) is 29.1 Å². The van der Waals surface area contributed by atoms with Crippen LogP contribution in [0.3, 0.4) is 0 Å². The Morgan fingerprint density at radius 2 is 1.94 bits per heavy atom. The van der Waals surface area contributed by atoms with Gasteiger partial charge in [-0.2, -0.15) is 0 Å². The average molecular weight is 266 g/mol. The van der Waals surface area contributed by atoms with Crippen LogP contribution in [0.15, 0.2) is 18.0 Å². The van der Waals surface area contributed by atoms with Gasteiger partial charge < -0.3 is 0 Å². The maximum absolute atomic E-state index is 11.9. The second-order valence-corrected chi connectivity index (χ2v) is 11.1. The first-order chi connectivity index (χ1) is 8.09. The normalized spacial score (nSPS) is 13.0. The van der Waals surface area contributed by atoms with Crippen LogP contribution in [0.1, 0.15) is 31.9 Å². The van der Waals surface area contributed by atoms with Crippen molar-refractivity contribution < 1.29 is 9.32 Å². The number of carbonyl (C=O) groups is 1. The van der Waals surface area contributed by atoms with Crippen LogP contribution >= 0.6 is 7.49 Å². The van der Waals surface area contributed by atoms with E-state index in [-0.39, 0.29) is 11.4 Å². The van der Waals surface area contributed by atoms with Crippen molar-refractivity contribution >= 4 is 20.4 Å². The molecule has 1 rings (SSSR count). The Balaban J connectivity index is 2.89. The molecule has 18 heavy (non-hydrogen) atoms. The van der Waals surface area contributed by atoms with E-state index in [0.717, 1.165) is 5.56 Å². The molecule has 0 unspecified atom stereocenters. The fourth-order valence-electron chi connectivity index (χ4n) is 1.94. The van der Waals surface area contributed by atoms with E-state index in [9.17, 15) is 4.79 Å². The quantitative estimate of drug-likeness (QED) is 0.786. The van der Waals surface area contributed by atoms with E-state index in [2.05, 4.69) is 26.7 Å². The molecule has 0 amide bonds. The molecular formula is C14H24BO2P. The topological polar surface area (TPSA) is 26.3 Å². The SMILES string of the molecule is CC(C)(C)c1cbccc1CC(=O)O[PH](C)(C)C. The molecule has 0 aliphatic rings. The molecule has 0 aromatic carbocycles. The van der Waals surface area contributed by atoms with E-state index in [1.54, 1.807) is 0 Å². The fourth-order valence-corrected chi connectivity index (χ4v) is 2.69. The van der Waals surface area contributed by atoms with Crippen LogP contribution in [0.2, 0.25) is 0 Å². The first-order valence-corrected chi connectivity index (χ1v) is 9.81. The van der Waals surface area contributed by atoms with Crippen LogP contribution < -0.4 is 0 Å². The number of rotatable bonds is 3. The van der Waals surface area contributed by atoms with Gasteiger partial charge in [-0.1, -0.05) is 0 Å². The molecule has 1 heterocycles. The van der Waals surface area contributed by atoms with E-state index in [1.807, 2.05) is 38.9 Å². The zero-order valence-corrected chi connectivity index (χ0v) is 13.3. The summed E-state index contributed by atoms with van der Waals surface area (Å²) in [5, 5.41) is 0. The molecule has 0 saturated heterocycles. The maximum atomic E-state index is 11.9. The standard InChI is InChI=1S/C14H24BO2P/c1-14(2,3)12-10-15-8-7-11(12)9-13(16)17-18(4,5)6/h7-8,10,18H,9H2,1-6H3. The summed E-state index contributed by atoms with van der Waals surface area (Å²) in [5.74, 6) is 3.97. The fraction of sp³-hybridized carbons (Fsp3) is 0.571. The van der Waals surface area contributed by atoms with Gasteiger partial charge in [0.1, 0.15) is 0 Å². The van der Waals surface area contributed by atoms with Crippen molar-refractivity contribution in [3.8, 4) is 0 Å². The van der Waals surface area contributed by atoms with Crippen LogP contribution in [0, 0.1) is 0 Å². The molecule has 0 radical (unpaired) electrons. The molecule has 0 spiro atoms. The summed E-state index contributed by atoms with van der Waals surface area (Å²) in [6.45, 7) is 14.6. The molecule has 0 bridgehead atoms. The molecule has 100 valence electrons. The molecule has 4 heteroatoms. The number of hydrogen-bond acceptors (Lipinski definition) is 2. The van der Waals surface area contributed by atoms with Gasteiger partial charge in [-0.25, -0.2) is 0 Å². The minimum atomic E-state index is -1.79. The van der Waals surface area contributed by atoms with Gasteiger partial charge in [0.25, 0.3) is 0 Å². The van der Waals surface area contributed by atoms with Gasteiger partial charge in [-0.15, -0.1) is 0 Å². The van der Waals surface area contributed by atoms with Gasteiger partial charge >= 0.3 is 111 Å². The predicted octanol–water partition coefficient (Wildman–Crippen LogP) is 2.96. The molecule has 1 aromatic heterocycles. The van der Waals surface area contributed by atoms with E-state index < -0.39 is 7.49 Å². The molecule has 0 aliphatic heterocycles. The third-order valence-electron chi connectivity index (χ3n) is 2.58. The van der Waals surface area contributed by atoms with Crippen LogP contribution in [0.5, 0.6) is 0 Å². The van der Waals surface area contributed by atoms with Gasteiger partial charge in [0.15, 0.2) is 0 Å². The van der Waals surface area contributed by atoms with Crippen molar-refractivity contribution in [1.29, 1.82) is 0 Å². The summed E-state index contributed by atoms with van der Waals surface area (Å²) < 4.78 is 5.51. The second kappa shape index (κ2) is 5.53. The minimum absolute atomic E-state index is 0.0516. The molecule has 2 nitrogen and oxygen atoms in total. The molecule has 0 atom stereocenters. The van der Waals surface area contributed by atoms with Gasteiger partial charge in [0.2, 0.25) is 0 Å². The Kier molecular flexibility index (Phi) is 4.72. The Labute approximate surface area is 112 Å². The molecule has 1 aromatic rings. The van der Waals surface area contributed by atoms with Gasteiger partial charge in [-0.3, -0.25) is 0 Å². The first kappa shape index (κ1) is 15.4. The molecule has 0 N–H and O–H groups in total. The Morgan fingerprint density at radius 3 is 2.44 bits per heavy atom. The molecule has 0 saturated carbocycles. The summed E-state index contributed by atoms with van der Waals surface area (Å²) >= 11 is 0.